The minimum atomic E-state index is -3.59. The number of aryl methyl sites for hydroxylation is 1. The fourth-order valence-corrected chi connectivity index (χ4v) is 5.08. The number of nitrogens with one attached hydrogen (secondary N) is 3. The number of ether oxygens (including phenoxy) is 2. The predicted octanol–water partition coefficient (Wildman–Crippen LogP) is 4.52. The van der Waals surface area contributed by atoms with Gasteiger partial charge < -0.3 is 20.1 Å². The van der Waals surface area contributed by atoms with Crippen LogP contribution in [0.1, 0.15) is 48.0 Å². The molecule has 1 aromatic heterocycles. The van der Waals surface area contributed by atoms with Crippen molar-refractivity contribution in [3.8, 4) is 17.2 Å². The fourth-order valence-electron chi connectivity index (χ4n) is 4.53. The number of carbonyl (C=O) groups excluding carboxylic acids is 1. The van der Waals surface area contributed by atoms with E-state index in [0.29, 0.717) is 22.7 Å². The van der Waals surface area contributed by atoms with Gasteiger partial charge in [-0.25, -0.2) is 8.42 Å². The Hall–Kier alpha value is -3.67. The number of sulfonamides is 1. The number of pyridine rings is 1. The monoisotopic (exact) mass is 581 g/mol. The van der Waals surface area contributed by atoms with Gasteiger partial charge in [-0.2, -0.15) is 0 Å². The van der Waals surface area contributed by atoms with Crippen molar-refractivity contribution in [3.63, 3.8) is 0 Å². The van der Waals surface area contributed by atoms with E-state index < -0.39 is 15.9 Å². The summed E-state index contributed by atoms with van der Waals surface area (Å²) in [6.45, 7) is 12.5. The Morgan fingerprint density at radius 1 is 1.07 bits per heavy atom. The summed E-state index contributed by atoms with van der Waals surface area (Å²) < 4.78 is 38.3. The Labute approximate surface area is 242 Å². The van der Waals surface area contributed by atoms with Crippen molar-refractivity contribution < 1.29 is 22.7 Å². The van der Waals surface area contributed by atoms with Crippen LogP contribution in [0.15, 0.2) is 48.7 Å². The van der Waals surface area contributed by atoms with Gasteiger partial charge in [0.25, 0.3) is 5.91 Å². The second-order valence-corrected chi connectivity index (χ2v) is 13.0. The van der Waals surface area contributed by atoms with E-state index in [2.05, 4.69) is 25.2 Å². The van der Waals surface area contributed by atoms with Gasteiger partial charge in [-0.15, -0.1) is 0 Å². The number of aromatic nitrogens is 1. The smallest absolute Gasteiger partial charge is 0.255 e. The first-order valence-corrected chi connectivity index (χ1v) is 15.4. The molecule has 220 valence electrons. The van der Waals surface area contributed by atoms with Crippen LogP contribution >= 0.6 is 0 Å². The normalized spacial score (nSPS) is 14.4. The Kier molecular flexibility index (Phi) is 9.21. The number of hydrogen-bond acceptors (Lipinski definition) is 8. The summed E-state index contributed by atoms with van der Waals surface area (Å²) in [7, 11) is -2.16. The van der Waals surface area contributed by atoms with Crippen LogP contribution in [0, 0.1) is 6.92 Å². The van der Waals surface area contributed by atoms with Crippen LogP contribution in [-0.2, 0) is 22.0 Å². The molecule has 1 fully saturated rings. The van der Waals surface area contributed by atoms with Gasteiger partial charge in [0, 0.05) is 50.6 Å². The van der Waals surface area contributed by atoms with Crippen molar-refractivity contribution in [1.29, 1.82) is 0 Å². The van der Waals surface area contributed by atoms with Gasteiger partial charge in [0.15, 0.2) is 5.75 Å². The number of methoxy groups -OCH3 is 1. The largest absolute Gasteiger partial charge is 0.492 e. The zero-order valence-electron chi connectivity index (χ0n) is 24.5. The first-order chi connectivity index (χ1) is 19.3. The van der Waals surface area contributed by atoms with Gasteiger partial charge in [-0.1, -0.05) is 26.8 Å². The number of rotatable bonds is 9. The van der Waals surface area contributed by atoms with E-state index in [1.54, 1.807) is 36.5 Å². The minimum absolute atomic E-state index is 0.217. The Morgan fingerprint density at radius 2 is 1.78 bits per heavy atom. The first kappa shape index (κ1) is 30.3. The number of anilines is 2. The molecule has 0 radical (unpaired) electrons. The molecule has 0 saturated carbocycles. The number of piperazine rings is 1. The van der Waals surface area contributed by atoms with Crippen molar-refractivity contribution in [2.75, 3.05) is 49.6 Å². The van der Waals surface area contributed by atoms with Crippen molar-refractivity contribution in [1.82, 2.24) is 15.2 Å². The molecule has 3 aromatic rings. The molecule has 0 spiro atoms. The van der Waals surface area contributed by atoms with E-state index in [9.17, 15) is 13.2 Å². The fraction of sp³-hybridized carbons (Fsp3) is 0.400. The van der Waals surface area contributed by atoms with Crippen molar-refractivity contribution in [2.45, 2.75) is 39.7 Å². The van der Waals surface area contributed by atoms with Crippen molar-refractivity contribution >= 4 is 27.3 Å². The number of benzene rings is 2. The Morgan fingerprint density at radius 3 is 2.44 bits per heavy atom. The van der Waals surface area contributed by atoms with E-state index >= 15 is 0 Å². The van der Waals surface area contributed by atoms with Crippen LogP contribution in [0.25, 0.3) is 0 Å². The highest BCUT2D eigenvalue weighted by Crippen LogP contribution is 2.39. The van der Waals surface area contributed by atoms with Crippen LogP contribution in [0.4, 0.5) is 11.4 Å². The van der Waals surface area contributed by atoms with Gasteiger partial charge in [-0.3, -0.25) is 19.4 Å². The summed E-state index contributed by atoms with van der Waals surface area (Å²) in [4.78, 5) is 20.3. The topological polar surface area (TPSA) is 122 Å². The lowest BCUT2D eigenvalue weighted by atomic mass is 9.86. The molecule has 0 atom stereocenters. The number of nitrogens with zero attached hydrogens (tertiary/aromatic N) is 2. The lowest BCUT2D eigenvalue weighted by Crippen LogP contribution is -2.43. The van der Waals surface area contributed by atoms with Gasteiger partial charge in [-0.05, 0) is 53.8 Å². The molecule has 0 bridgehead atoms. The molecule has 1 aliphatic heterocycles. The standard InChI is InChI=1S/C30H39N5O5S/c1-20-7-8-21(15-27(20)40-24-9-10-32-23(18-24)19-35-13-11-31-12-14-35)29(36)33-25-16-22(30(2,3)4)17-26(28(25)39-5)34-41(6,37)38/h7-10,15-18,31,34H,11-14,19H2,1-6H3,(H,33,36). The van der Waals surface area contributed by atoms with Crippen molar-refractivity contribution in [3.05, 3.63) is 71.0 Å². The van der Waals surface area contributed by atoms with Gasteiger partial charge >= 0.3 is 0 Å². The van der Waals surface area contributed by atoms with E-state index in [0.717, 1.165) is 55.8 Å². The van der Waals surface area contributed by atoms with Crippen LogP contribution < -0.4 is 24.8 Å². The Balaban J connectivity index is 1.58. The van der Waals surface area contributed by atoms with Gasteiger partial charge in [0.1, 0.15) is 11.5 Å². The quantitative estimate of drug-likeness (QED) is 0.337. The van der Waals surface area contributed by atoms with Gasteiger partial charge in [0.05, 0.1) is 30.4 Å². The zero-order chi connectivity index (χ0) is 29.8. The molecule has 2 heterocycles. The lowest BCUT2D eigenvalue weighted by Gasteiger charge is -2.26. The van der Waals surface area contributed by atoms with Gasteiger partial charge in [0.2, 0.25) is 10.0 Å². The molecular weight excluding hydrogens is 542 g/mol. The molecule has 2 aromatic carbocycles. The highest BCUT2D eigenvalue weighted by molar-refractivity contribution is 7.92. The summed E-state index contributed by atoms with van der Waals surface area (Å²) in [6.07, 6.45) is 2.80. The number of carbonyl (C=O) groups is 1. The molecule has 1 saturated heterocycles. The molecule has 1 aliphatic rings. The maximum Gasteiger partial charge on any atom is 0.255 e. The van der Waals surface area contributed by atoms with E-state index in [1.807, 2.05) is 39.8 Å². The summed E-state index contributed by atoms with van der Waals surface area (Å²) >= 11 is 0. The molecule has 11 heteroatoms. The Bertz CT molecular complexity index is 1510. The molecule has 41 heavy (non-hydrogen) atoms. The highest BCUT2D eigenvalue weighted by Gasteiger charge is 2.23. The third kappa shape index (κ3) is 8.18. The molecule has 4 rings (SSSR count). The van der Waals surface area contributed by atoms with E-state index in [4.69, 9.17) is 9.47 Å². The second-order valence-electron chi connectivity index (χ2n) is 11.3. The summed E-state index contributed by atoms with van der Waals surface area (Å²) in [6, 6.07) is 12.5. The van der Waals surface area contributed by atoms with Crippen LogP contribution in [0.3, 0.4) is 0 Å². The summed E-state index contributed by atoms with van der Waals surface area (Å²) in [5, 5.41) is 6.26. The average Bonchev–Trinajstić information content (AvgIpc) is 2.89. The first-order valence-electron chi connectivity index (χ1n) is 13.5. The zero-order valence-corrected chi connectivity index (χ0v) is 25.3. The number of amides is 1. The summed E-state index contributed by atoms with van der Waals surface area (Å²) in [5.41, 5.74) is 3.27. The van der Waals surface area contributed by atoms with Crippen LogP contribution in [0.5, 0.6) is 17.2 Å². The second kappa shape index (κ2) is 12.5. The molecular formula is C30H39N5O5S. The molecule has 0 aliphatic carbocycles. The van der Waals surface area contributed by atoms with Crippen LogP contribution in [0.2, 0.25) is 0 Å². The third-order valence-corrected chi connectivity index (χ3v) is 7.35. The lowest BCUT2D eigenvalue weighted by molar-refractivity contribution is 0.102. The SMILES string of the molecule is COc1c(NC(=O)c2ccc(C)c(Oc3ccnc(CN4CCNCC4)c3)c2)cc(C(C)(C)C)cc1NS(C)(=O)=O. The average molecular weight is 582 g/mol. The predicted molar refractivity (Wildman–Crippen MR) is 162 cm³/mol. The highest BCUT2D eigenvalue weighted by atomic mass is 32.2. The molecule has 10 nitrogen and oxygen atoms in total. The molecule has 1 amide bonds. The van der Waals surface area contributed by atoms with E-state index in [-0.39, 0.29) is 16.9 Å². The maximum atomic E-state index is 13.4. The molecule has 0 unspecified atom stereocenters. The molecule has 3 N–H and O–H groups in total. The van der Waals surface area contributed by atoms with E-state index in [1.165, 1.54) is 7.11 Å². The van der Waals surface area contributed by atoms with Crippen LogP contribution in [-0.4, -0.2) is 63.8 Å². The minimum Gasteiger partial charge on any atom is -0.492 e. The van der Waals surface area contributed by atoms with Crippen molar-refractivity contribution in [2.24, 2.45) is 0 Å². The summed E-state index contributed by atoms with van der Waals surface area (Å²) in [5.74, 6) is 1.02. The maximum absolute atomic E-state index is 13.4. The number of hydrogen-bond donors (Lipinski definition) is 3. The third-order valence-electron chi connectivity index (χ3n) is 6.76.